The molecule has 0 aliphatic carbocycles. The van der Waals surface area contributed by atoms with E-state index < -0.39 is 0 Å². The summed E-state index contributed by atoms with van der Waals surface area (Å²) in [7, 11) is 2.26. The van der Waals surface area contributed by atoms with Crippen LogP contribution in [-0.2, 0) is 0 Å². The molecule has 2 aliphatic heterocycles. The van der Waals surface area contributed by atoms with E-state index in [0.717, 1.165) is 0 Å². The molecule has 0 unspecified atom stereocenters. The Hall–Kier alpha value is -0.0800. The summed E-state index contributed by atoms with van der Waals surface area (Å²) in [5.41, 5.74) is 0.695. The molecule has 0 aromatic heterocycles. The van der Waals surface area contributed by atoms with E-state index in [0.29, 0.717) is 5.41 Å². The van der Waals surface area contributed by atoms with Crippen molar-refractivity contribution in [2.75, 3.05) is 39.8 Å². The lowest BCUT2D eigenvalue weighted by Crippen LogP contribution is -2.48. The van der Waals surface area contributed by atoms with E-state index in [2.05, 4.69) is 23.8 Å². The van der Waals surface area contributed by atoms with Gasteiger partial charge < -0.3 is 9.80 Å². The van der Waals surface area contributed by atoms with E-state index in [1.165, 1.54) is 58.4 Å². The van der Waals surface area contributed by atoms with Crippen molar-refractivity contribution in [2.45, 2.75) is 32.6 Å². The molecule has 0 bridgehead atoms. The molecule has 2 rings (SSSR count). The van der Waals surface area contributed by atoms with Crippen molar-refractivity contribution in [3.05, 3.63) is 0 Å². The molecule has 0 radical (unpaired) electrons. The quantitative estimate of drug-likeness (QED) is 0.631. The molecule has 0 saturated carbocycles. The minimum Gasteiger partial charge on any atom is -0.306 e. The second-order valence-corrected chi connectivity index (χ2v) is 5.28. The lowest BCUT2D eigenvalue weighted by Gasteiger charge is -2.47. The van der Waals surface area contributed by atoms with Crippen LogP contribution in [0.15, 0.2) is 0 Å². The van der Waals surface area contributed by atoms with Crippen molar-refractivity contribution in [2.24, 2.45) is 5.41 Å². The molecule has 14 heavy (non-hydrogen) atoms. The molecular formula is C12H24N2. The van der Waals surface area contributed by atoms with Crippen molar-refractivity contribution in [3.8, 4) is 0 Å². The summed E-state index contributed by atoms with van der Waals surface area (Å²) in [6.45, 7) is 8.89. The summed E-state index contributed by atoms with van der Waals surface area (Å²) in [5, 5.41) is 0. The zero-order valence-corrected chi connectivity index (χ0v) is 9.76. The molecule has 2 nitrogen and oxygen atoms in total. The second-order valence-electron chi connectivity index (χ2n) is 5.28. The number of rotatable bonds is 1. The minimum atomic E-state index is 0.695. The Morgan fingerprint density at radius 1 is 1.07 bits per heavy atom. The van der Waals surface area contributed by atoms with Gasteiger partial charge in [-0.25, -0.2) is 0 Å². The van der Waals surface area contributed by atoms with E-state index in [4.69, 9.17) is 0 Å². The first-order chi connectivity index (χ1) is 6.74. The van der Waals surface area contributed by atoms with Gasteiger partial charge in [0, 0.05) is 6.54 Å². The van der Waals surface area contributed by atoms with Crippen LogP contribution in [0.1, 0.15) is 32.6 Å². The van der Waals surface area contributed by atoms with Crippen LogP contribution in [0.3, 0.4) is 0 Å². The third-order valence-corrected chi connectivity index (χ3v) is 4.24. The average molecular weight is 196 g/mol. The van der Waals surface area contributed by atoms with E-state index >= 15 is 0 Å². The Morgan fingerprint density at radius 3 is 2.43 bits per heavy atom. The largest absolute Gasteiger partial charge is 0.306 e. The van der Waals surface area contributed by atoms with Gasteiger partial charge in [-0.15, -0.1) is 0 Å². The Bertz CT molecular complexity index is 183. The van der Waals surface area contributed by atoms with E-state index in [1.807, 2.05) is 0 Å². The van der Waals surface area contributed by atoms with Crippen LogP contribution in [0.25, 0.3) is 0 Å². The SMILES string of the molecule is CCN1CCCC2(CCN(C)CC2)C1. The van der Waals surface area contributed by atoms with Gasteiger partial charge in [0.15, 0.2) is 0 Å². The number of piperidine rings is 2. The van der Waals surface area contributed by atoms with E-state index in [-0.39, 0.29) is 0 Å². The number of hydrogen-bond acceptors (Lipinski definition) is 2. The molecule has 2 heterocycles. The molecule has 0 amide bonds. The summed E-state index contributed by atoms with van der Waals surface area (Å²) < 4.78 is 0. The summed E-state index contributed by atoms with van der Waals surface area (Å²) in [5.74, 6) is 0. The van der Waals surface area contributed by atoms with E-state index in [9.17, 15) is 0 Å². The lowest BCUT2D eigenvalue weighted by atomic mass is 9.72. The summed E-state index contributed by atoms with van der Waals surface area (Å²) in [6.07, 6.45) is 5.77. The molecule has 2 heteroatoms. The highest BCUT2D eigenvalue weighted by Crippen LogP contribution is 2.39. The van der Waals surface area contributed by atoms with Gasteiger partial charge >= 0.3 is 0 Å². The fourth-order valence-corrected chi connectivity index (χ4v) is 3.08. The number of likely N-dealkylation sites (tertiary alicyclic amines) is 2. The molecule has 0 aromatic rings. The monoisotopic (exact) mass is 196 g/mol. The van der Waals surface area contributed by atoms with Gasteiger partial charge in [0.25, 0.3) is 0 Å². The normalized spacial score (nSPS) is 29.6. The van der Waals surface area contributed by atoms with Crippen LogP contribution >= 0.6 is 0 Å². The molecule has 0 atom stereocenters. The minimum absolute atomic E-state index is 0.695. The molecule has 2 fully saturated rings. The maximum absolute atomic E-state index is 2.65. The standard InChI is InChI=1S/C12H24N2/c1-3-14-8-4-5-12(11-14)6-9-13(2)10-7-12/h3-11H2,1-2H3. The van der Waals surface area contributed by atoms with Crippen molar-refractivity contribution >= 4 is 0 Å². The summed E-state index contributed by atoms with van der Waals surface area (Å²) in [6, 6.07) is 0. The molecule has 82 valence electrons. The van der Waals surface area contributed by atoms with Crippen molar-refractivity contribution in [1.29, 1.82) is 0 Å². The van der Waals surface area contributed by atoms with Gasteiger partial charge in [-0.1, -0.05) is 6.92 Å². The van der Waals surface area contributed by atoms with Crippen molar-refractivity contribution in [1.82, 2.24) is 9.80 Å². The van der Waals surface area contributed by atoms with Crippen molar-refractivity contribution < 1.29 is 0 Å². The fourth-order valence-electron chi connectivity index (χ4n) is 3.08. The van der Waals surface area contributed by atoms with Gasteiger partial charge in [0.1, 0.15) is 0 Å². The first-order valence-electron chi connectivity index (χ1n) is 6.15. The highest BCUT2D eigenvalue weighted by molar-refractivity contribution is 4.90. The highest BCUT2D eigenvalue weighted by Gasteiger charge is 2.36. The van der Waals surface area contributed by atoms with Gasteiger partial charge in [-0.2, -0.15) is 0 Å². The predicted molar refractivity (Wildman–Crippen MR) is 60.5 cm³/mol. The Labute approximate surface area is 88.3 Å². The molecular weight excluding hydrogens is 172 g/mol. The molecule has 1 spiro atoms. The zero-order chi connectivity index (χ0) is 10.0. The van der Waals surface area contributed by atoms with Crippen molar-refractivity contribution in [3.63, 3.8) is 0 Å². The third-order valence-electron chi connectivity index (χ3n) is 4.24. The van der Waals surface area contributed by atoms with Crippen LogP contribution in [0.5, 0.6) is 0 Å². The van der Waals surface area contributed by atoms with Crippen LogP contribution in [0.2, 0.25) is 0 Å². The topological polar surface area (TPSA) is 6.48 Å². The zero-order valence-electron chi connectivity index (χ0n) is 9.76. The van der Waals surface area contributed by atoms with E-state index in [1.54, 1.807) is 0 Å². The summed E-state index contributed by atoms with van der Waals surface area (Å²) in [4.78, 5) is 5.13. The van der Waals surface area contributed by atoms with Gasteiger partial charge in [0.2, 0.25) is 0 Å². The number of nitrogens with zero attached hydrogens (tertiary/aromatic N) is 2. The van der Waals surface area contributed by atoms with Gasteiger partial charge in [-0.3, -0.25) is 0 Å². The first-order valence-corrected chi connectivity index (χ1v) is 6.15. The Balaban J connectivity index is 1.94. The van der Waals surface area contributed by atoms with Crippen LogP contribution in [-0.4, -0.2) is 49.6 Å². The average Bonchev–Trinajstić information content (AvgIpc) is 2.23. The molecule has 0 N–H and O–H groups in total. The van der Waals surface area contributed by atoms with Crippen LogP contribution < -0.4 is 0 Å². The molecule has 0 aromatic carbocycles. The van der Waals surface area contributed by atoms with Gasteiger partial charge in [0.05, 0.1) is 0 Å². The maximum Gasteiger partial charge on any atom is 0.00388 e. The summed E-state index contributed by atoms with van der Waals surface area (Å²) >= 11 is 0. The first kappa shape index (κ1) is 10.4. The number of hydrogen-bond donors (Lipinski definition) is 0. The maximum atomic E-state index is 2.65. The van der Waals surface area contributed by atoms with Crippen LogP contribution in [0.4, 0.5) is 0 Å². The highest BCUT2D eigenvalue weighted by atomic mass is 15.2. The fraction of sp³-hybridized carbons (Fsp3) is 1.00. The smallest absolute Gasteiger partial charge is 0.00388 e. The van der Waals surface area contributed by atoms with Crippen LogP contribution in [0, 0.1) is 5.41 Å². The molecule has 2 saturated heterocycles. The second kappa shape index (κ2) is 4.19. The molecule has 2 aliphatic rings. The Kier molecular flexibility index (Phi) is 3.13. The predicted octanol–water partition coefficient (Wildman–Crippen LogP) is 1.81. The van der Waals surface area contributed by atoms with Gasteiger partial charge in [-0.05, 0) is 64.3 Å². The third kappa shape index (κ3) is 2.12. The lowest BCUT2D eigenvalue weighted by molar-refractivity contribution is 0.0335. The Morgan fingerprint density at radius 2 is 1.79 bits per heavy atom.